The highest BCUT2D eigenvalue weighted by atomic mass is 19.1. The number of hydrogen-bond acceptors (Lipinski definition) is 1. The summed E-state index contributed by atoms with van der Waals surface area (Å²) in [6.07, 6.45) is 1.54. The third-order valence-corrected chi connectivity index (χ3v) is 2.85. The Morgan fingerprint density at radius 2 is 2.06 bits per heavy atom. The predicted molar refractivity (Wildman–Crippen MR) is 60.3 cm³/mol. The highest BCUT2D eigenvalue weighted by molar-refractivity contribution is 5.79. The summed E-state index contributed by atoms with van der Waals surface area (Å²) in [5.74, 6) is -0.228. The number of halogens is 1. The lowest BCUT2D eigenvalue weighted by atomic mass is 10.1. The van der Waals surface area contributed by atoms with Crippen molar-refractivity contribution in [3.05, 3.63) is 47.8 Å². The molecule has 1 aliphatic rings. The molecule has 0 bridgehead atoms. The maximum absolute atomic E-state index is 13.4. The van der Waals surface area contributed by atoms with E-state index in [4.69, 9.17) is 0 Å². The topological polar surface area (TPSA) is 20.3 Å². The quantitative estimate of drug-likeness (QED) is 0.748. The van der Waals surface area contributed by atoms with Gasteiger partial charge in [0.1, 0.15) is 5.83 Å². The number of amides is 1. The molecule has 1 atom stereocenters. The van der Waals surface area contributed by atoms with Crippen molar-refractivity contribution in [3.63, 3.8) is 0 Å². The summed E-state index contributed by atoms with van der Waals surface area (Å²) in [5, 5.41) is 0. The third-order valence-electron chi connectivity index (χ3n) is 2.85. The standard InChI is InChI=1S/C13H14FNO/c1-10-12(14)7-8-13(16)15(10)9-11-5-3-2-4-6-11/h2-7,10H,8-9H2,1H3. The minimum atomic E-state index is -0.443. The summed E-state index contributed by atoms with van der Waals surface area (Å²) in [6.45, 7) is 2.19. The van der Waals surface area contributed by atoms with E-state index in [1.807, 2.05) is 30.3 Å². The van der Waals surface area contributed by atoms with Crippen molar-refractivity contribution in [1.82, 2.24) is 4.90 Å². The normalized spacial score (nSPS) is 20.9. The first-order chi connectivity index (χ1) is 7.68. The first-order valence-electron chi connectivity index (χ1n) is 5.37. The van der Waals surface area contributed by atoms with Crippen LogP contribution in [-0.4, -0.2) is 16.8 Å². The maximum Gasteiger partial charge on any atom is 0.227 e. The molecule has 0 radical (unpaired) electrons. The van der Waals surface area contributed by atoms with E-state index < -0.39 is 6.04 Å². The average Bonchev–Trinajstić information content (AvgIpc) is 2.31. The fourth-order valence-corrected chi connectivity index (χ4v) is 1.84. The van der Waals surface area contributed by atoms with Gasteiger partial charge < -0.3 is 4.90 Å². The van der Waals surface area contributed by atoms with E-state index in [0.717, 1.165) is 5.56 Å². The number of hydrogen-bond donors (Lipinski definition) is 0. The lowest BCUT2D eigenvalue weighted by Crippen LogP contribution is -2.40. The van der Waals surface area contributed by atoms with Gasteiger partial charge in [-0.1, -0.05) is 30.3 Å². The number of carbonyl (C=O) groups is 1. The zero-order valence-electron chi connectivity index (χ0n) is 9.19. The number of benzene rings is 1. The van der Waals surface area contributed by atoms with Crippen LogP contribution in [0.3, 0.4) is 0 Å². The monoisotopic (exact) mass is 219 g/mol. The molecule has 16 heavy (non-hydrogen) atoms. The summed E-state index contributed by atoms with van der Waals surface area (Å²) in [4.78, 5) is 13.2. The van der Waals surface area contributed by atoms with Crippen LogP contribution >= 0.6 is 0 Å². The number of rotatable bonds is 2. The first-order valence-corrected chi connectivity index (χ1v) is 5.37. The van der Waals surface area contributed by atoms with Gasteiger partial charge in [0.25, 0.3) is 0 Å². The Hall–Kier alpha value is -1.64. The molecule has 0 aliphatic carbocycles. The van der Waals surface area contributed by atoms with E-state index in [1.165, 1.54) is 6.08 Å². The molecule has 1 heterocycles. The van der Waals surface area contributed by atoms with E-state index in [2.05, 4.69) is 0 Å². The Morgan fingerprint density at radius 3 is 2.75 bits per heavy atom. The summed E-state index contributed by atoms with van der Waals surface area (Å²) in [7, 11) is 0. The van der Waals surface area contributed by atoms with Gasteiger partial charge in [-0.25, -0.2) is 4.39 Å². The van der Waals surface area contributed by atoms with Gasteiger partial charge >= 0.3 is 0 Å². The molecule has 0 N–H and O–H groups in total. The fourth-order valence-electron chi connectivity index (χ4n) is 1.84. The molecule has 3 heteroatoms. The minimum absolute atomic E-state index is 0.0160. The number of carbonyl (C=O) groups excluding carboxylic acids is 1. The van der Waals surface area contributed by atoms with Crippen LogP contribution in [0, 0.1) is 0 Å². The van der Waals surface area contributed by atoms with Crippen molar-refractivity contribution in [2.24, 2.45) is 0 Å². The second-order valence-corrected chi connectivity index (χ2v) is 3.98. The minimum Gasteiger partial charge on any atom is -0.329 e. The van der Waals surface area contributed by atoms with Gasteiger partial charge in [0.2, 0.25) is 5.91 Å². The second-order valence-electron chi connectivity index (χ2n) is 3.98. The Morgan fingerprint density at radius 1 is 1.38 bits per heavy atom. The van der Waals surface area contributed by atoms with Crippen molar-refractivity contribution in [2.75, 3.05) is 0 Å². The van der Waals surface area contributed by atoms with Crippen LogP contribution in [0.1, 0.15) is 18.9 Å². The molecular weight excluding hydrogens is 205 g/mol. The molecule has 1 amide bonds. The van der Waals surface area contributed by atoms with Gasteiger partial charge in [-0.05, 0) is 18.6 Å². The molecule has 0 saturated heterocycles. The van der Waals surface area contributed by atoms with Gasteiger partial charge in [0.05, 0.1) is 6.04 Å². The van der Waals surface area contributed by atoms with E-state index in [9.17, 15) is 9.18 Å². The molecule has 0 saturated carbocycles. The predicted octanol–water partition coefficient (Wildman–Crippen LogP) is 2.66. The van der Waals surface area contributed by atoms with Crippen LogP contribution in [0.15, 0.2) is 42.2 Å². The maximum atomic E-state index is 13.4. The van der Waals surface area contributed by atoms with Gasteiger partial charge in [-0.15, -0.1) is 0 Å². The summed E-state index contributed by atoms with van der Waals surface area (Å²) >= 11 is 0. The Labute approximate surface area is 94.4 Å². The Kier molecular flexibility index (Phi) is 3.04. The van der Waals surface area contributed by atoms with E-state index in [0.29, 0.717) is 6.54 Å². The van der Waals surface area contributed by atoms with E-state index in [-0.39, 0.29) is 18.2 Å². The zero-order chi connectivity index (χ0) is 11.5. The van der Waals surface area contributed by atoms with Crippen molar-refractivity contribution in [2.45, 2.75) is 25.9 Å². The van der Waals surface area contributed by atoms with Crippen LogP contribution in [0.25, 0.3) is 0 Å². The van der Waals surface area contributed by atoms with Crippen LogP contribution in [0.4, 0.5) is 4.39 Å². The summed E-state index contributed by atoms with van der Waals surface area (Å²) in [6, 6.07) is 9.19. The molecule has 2 rings (SSSR count). The molecule has 0 aromatic heterocycles. The van der Waals surface area contributed by atoms with Crippen molar-refractivity contribution in [3.8, 4) is 0 Å². The highest BCUT2D eigenvalue weighted by Gasteiger charge is 2.26. The van der Waals surface area contributed by atoms with Crippen molar-refractivity contribution < 1.29 is 9.18 Å². The van der Waals surface area contributed by atoms with Gasteiger partial charge in [0.15, 0.2) is 0 Å². The van der Waals surface area contributed by atoms with Crippen molar-refractivity contribution in [1.29, 1.82) is 0 Å². The third kappa shape index (κ3) is 2.13. The van der Waals surface area contributed by atoms with Gasteiger partial charge in [-0.2, -0.15) is 0 Å². The van der Waals surface area contributed by atoms with Crippen LogP contribution in [-0.2, 0) is 11.3 Å². The number of nitrogens with zero attached hydrogens (tertiary/aromatic N) is 1. The van der Waals surface area contributed by atoms with Crippen LogP contribution in [0.2, 0.25) is 0 Å². The van der Waals surface area contributed by atoms with Crippen LogP contribution < -0.4 is 0 Å². The SMILES string of the molecule is CC1C(F)=CCC(=O)N1Cc1ccccc1. The lowest BCUT2D eigenvalue weighted by molar-refractivity contribution is -0.133. The first kappa shape index (κ1) is 10.9. The summed E-state index contributed by atoms with van der Waals surface area (Å²) < 4.78 is 13.4. The Balaban J connectivity index is 2.15. The molecule has 1 unspecified atom stereocenters. The molecule has 1 aliphatic heterocycles. The largest absolute Gasteiger partial charge is 0.329 e. The molecule has 1 aromatic rings. The van der Waals surface area contributed by atoms with Crippen molar-refractivity contribution >= 4 is 5.91 Å². The van der Waals surface area contributed by atoms with Gasteiger partial charge in [0, 0.05) is 13.0 Å². The smallest absolute Gasteiger partial charge is 0.227 e. The molecule has 84 valence electrons. The second kappa shape index (κ2) is 4.47. The lowest BCUT2D eigenvalue weighted by Gasteiger charge is -2.31. The average molecular weight is 219 g/mol. The fraction of sp³-hybridized carbons (Fsp3) is 0.308. The Bertz CT molecular complexity index is 413. The molecular formula is C13H14FNO. The molecule has 1 aromatic carbocycles. The highest BCUT2D eigenvalue weighted by Crippen LogP contribution is 2.21. The molecule has 2 nitrogen and oxygen atoms in total. The molecule has 0 fully saturated rings. The van der Waals surface area contributed by atoms with Crippen LogP contribution in [0.5, 0.6) is 0 Å². The van der Waals surface area contributed by atoms with E-state index in [1.54, 1.807) is 11.8 Å². The molecule has 0 spiro atoms. The zero-order valence-corrected chi connectivity index (χ0v) is 9.19. The van der Waals surface area contributed by atoms with Gasteiger partial charge in [-0.3, -0.25) is 4.79 Å². The van der Waals surface area contributed by atoms with E-state index >= 15 is 0 Å². The summed E-state index contributed by atoms with van der Waals surface area (Å²) in [5.41, 5.74) is 1.03.